The van der Waals surface area contributed by atoms with Crippen molar-refractivity contribution < 1.29 is 4.74 Å². The van der Waals surface area contributed by atoms with Gasteiger partial charge in [-0.05, 0) is 43.5 Å². The molecule has 0 unspecified atom stereocenters. The first kappa shape index (κ1) is 16.3. The summed E-state index contributed by atoms with van der Waals surface area (Å²) in [5, 5.41) is 11.6. The molecular weight excluding hydrogens is 326 g/mol. The molecule has 0 aliphatic carbocycles. The maximum Gasteiger partial charge on any atom is 0.247 e. The SMILES string of the molecule is c1ccc(Oc2ccccc2Nc2cnnc(N3CCCCC3)n2)cc1. The van der Waals surface area contributed by atoms with E-state index in [-0.39, 0.29) is 0 Å². The van der Waals surface area contributed by atoms with Gasteiger partial charge in [-0.25, -0.2) is 0 Å². The first-order valence-corrected chi connectivity index (χ1v) is 8.92. The average molecular weight is 347 g/mol. The highest BCUT2D eigenvalue weighted by atomic mass is 16.5. The first-order valence-electron chi connectivity index (χ1n) is 8.92. The number of rotatable bonds is 5. The van der Waals surface area contributed by atoms with E-state index in [0.717, 1.165) is 30.3 Å². The summed E-state index contributed by atoms with van der Waals surface area (Å²) < 4.78 is 5.99. The molecule has 26 heavy (non-hydrogen) atoms. The molecule has 0 spiro atoms. The molecular formula is C20H21N5O. The van der Waals surface area contributed by atoms with Gasteiger partial charge < -0.3 is 15.0 Å². The van der Waals surface area contributed by atoms with Gasteiger partial charge in [0.05, 0.1) is 11.9 Å². The molecule has 1 aliphatic heterocycles. The third-order valence-corrected chi connectivity index (χ3v) is 4.31. The normalized spacial score (nSPS) is 14.1. The van der Waals surface area contributed by atoms with Crippen LogP contribution >= 0.6 is 0 Å². The predicted molar refractivity (Wildman–Crippen MR) is 102 cm³/mol. The number of hydrogen-bond acceptors (Lipinski definition) is 6. The van der Waals surface area contributed by atoms with Crippen molar-refractivity contribution in [3.8, 4) is 11.5 Å². The highest BCUT2D eigenvalue weighted by Crippen LogP contribution is 2.31. The zero-order valence-electron chi connectivity index (χ0n) is 14.5. The molecule has 0 radical (unpaired) electrons. The minimum atomic E-state index is 0.657. The highest BCUT2D eigenvalue weighted by Gasteiger charge is 2.15. The monoisotopic (exact) mass is 347 g/mol. The van der Waals surface area contributed by atoms with Crippen LogP contribution in [0.4, 0.5) is 17.5 Å². The fourth-order valence-corrected chi connectivity index (χ4v) is 2.99. The number of aromatic nitrogens is 3. The van der Waals surface area contributed by atoms with E-state index >= 15 is 0 Å². The van der Waals surface area contributed by atoms with Gasteiger partial charge in [-0.15, -0.1) is 5.10 Å². The van der Waals surface area contributed by atoms with Gasteiger partial charge in [-0.1, -0.05) is 30.3 Å². The number of nitrogens with one attached hydrogen (secondary N) is 1. The smallest absolute Gasteiger partial charge is 0.247 e. The van der Waals surface area contributed by atoms with Crippen molar-refractivity contribution in [3.63, 3.8) is 0 Å². The minimum absolute atomic E-state index is 0.657. The molecule has 2 aromatic carbocycles. The molecule has 1 aromatic heterocycles. The lowest BCUT2D eigenvalue weighted by atomic mass is 10.1. The molecule has 6 nitrogen and oxygen atoms in total. The number of hydrogen-bond donors (Lipinski definition) is 1. The average Bonchev–Trinajstić information content (AvgIpc) is 2.71. The summed E-state index contributed by atoms with van der Waals surface area (Å²) in [4.78, 5) is 6.81. The van der Waals surface area contributed by atoms with Crippen molar-refractivity contribution in [1.29, 1.82) is 0 Å². The Labute approximate surface area is 152 Å². The van der Waals surface area contributed by atoms with E-state index < -0.39 is 0 Å². The zero-order chi connectivity index (χ0) is 17.6. The number of anilines is 3. The van der Waals surface area contributed by atoms with E-state index in [0.29, 0.717) is 11.8 Å². The lowest BCUT2D eigenvalue weighted by Gasteiger charge is -2.26. The van der Waals surface area contributed by atoms with Gasteiger partial charge in [0.25, 0.3) is 0 Å². The molecule has 1 aliphatic rings. The van der Waals surface area contributed by atoms with Crippen LogP contribution in [0.2, 0.25) is 0 Å². The molecule has 1 N–H and O–H groups in total. The summed E-state index contributed by atoms with van der Waals surface area (Å²) in [6.07, 6.45) is 5.25. The topological polar surface area (TPSA) is 63.2 Å². The number of piperidine rings is 1. The summed E-state index contributed by atoms with van der Waals surface area (Å²) in [5.74, 6) is 2.86. The second-order valence-electron chi connectivity index (χ2n) is 6.23. The quantitative estimate of drug-likeness (QED) is 0.738. The molecule has 4 rings (SSSR count). The molecule has 2 heterocycles. The van der Waals surface area contributed by atoms with Gasteiger partial charge >= 0.3 is 0 Å². The van der Waals surface area contributed by atoms with Crippen LogP contribution in [0.15, 0.2) is 60.8 Å². The molecule has 0 bridgehead atoms. The van der Waals surface area contributed by atoms with Gasteiger partial charge in [0.1, 0.15) is 5.75 Å². The Morgan fingerprint density at radius 1 is 0.885 bits per heavy atom. The maximum atomic E-state index is 5.99. The van der Waals surface area contributed by atoms with Crippen molar-refractivity contribution in [1.82, 2.24) is 15.2 Å². The van der Waals surface area contributed by atoms with Crippen molar-refractivity contribution in [2.45, 2.75) is 19.3 Å². The Hall–Kier alpha value is -3.15. The summed E-state index contributed by atoms with van der Waals surface area (Å²) in [7, 11) is 0. The first-order chi connectivity index (χ1) is 12.9. The predicted octanol–water partition coefficient (Wildman–Crippen LogP) is 4.40. The van der Waals surface area contributed by atoms with E-state index in [9.17, 15) is 0 Å². The number of nitrogens with zero attached hydrogens (tertiary/aromatic N) is 4. The largest absolute Gasteiger partial charge is 0.455 e. The van der Waals surface area contributed by atoms with Gasteiger partial charge in [0.15, 0.2) is 11.6 Å². The second kappa shape index (κ2) is 7.82. The van der Waals surface area contributed by atoms with Crippen molar-refractivity contribution in [3.05, 3.63) is 60.8 Å². The van der Waals surface area contributed by atoms with Gasteiger partial charge in [-0.3, -0.25) is 0 Å². The fourth-order valence-electron chi connectivity index (χ4n) is 2.99. The third-order valence-electron chi connectivity index (χ3n) is 4.31. The molecule has 132 valence electrons. The van der Waals surface area contributed by atoms with Crippen LogP contribution in [0, 0.1) is 0 Å². The Bertz CT molecular complexity index is 850. The third kappa shape index (κ3) is 3.91. The van der Waals surface area contributed by atoms with E-state index in [1.807, 2.05) is 54.6 Å². The Morgan fingerprint density at radius 2 is 1.65 bits per heavy atom. The zero-order valence-corrected chi connectivity index (χ0v) is 14.5. The fraction of sp³-hybridized carbons (Fsp3) is 0.250. The van der Waals surface area contributed by atoms with Crippen LogP contribution in [0.5, 0.6) is 11.5 Å². The van der Waals surface area contributed by atoms with E-state index in [1.165, 1.54) is 19.3 Å². The summed E-state index contributed by atoms with van der Waals surface area (Å²) >= 11 is 0. The number of ether oxygens (including phenoxy) is 1. The lowest BCUT2D eigenvalue weighted by molar-refractivity contribution is 0.485. The van der Waals surface area contributed by atoms with Crippen molar-refractivity contribution in [2.24, 2.45) is 0 Å². The number of para-hydroxylation sites is 3. The van der Waals surface area contributed by atoms with Crippen LogP contribution in [0.25, 0.3) is 0 Å². The summed E-state index contributed by atoms with van der Waals surface area (Å²) in [6, 6.07) is 17.5. The second-order valence-corrected chi connectivity index (χ2v) is 6.23. The van der Waals surface area contributed by atoms with E-state index in [4.69, 9.17) is 4.74 Å². The van der Waals surface area contributed by atoms with E-state index in [2.05, 4.69) is 25.4 Å². The summed E-state index contributed by atoms with van der Waals surface area (Å²) in [6.45, 7) is 1.97. The molecule has 6 heteroatoms. The lowest BCUT2D eigenvalue weighted by Crippen LogP contribution is -2.31. The van der Waals surface area contributed by atoms with Crippen molar-refractivity contribution >= 4 is 17.5 Å². The van der Waals surface area contributed by atoms with Crippen LogP contribution in [-0.2, 0) is 0 Å². The molecule has 0 atom stereocenters. The van der Waals surface area contributed by atoms with Crippen molar-refractivity contribution in [2.75, 3.05) is 23.3 Å². The Kier molecular flexibility index (Phi) is 4.91. The van der Waals surface area contributed by atoms with Crippen LogP contribution in [0.1, 0.15) is 19.3 Å². The molecule has 0 saturated carbocycles. The maximum absolute atomic E-state index is 5.99. The molecule has 3 aromatic rings. The van der Waals surface area contributed by atoms with Gasteiger partial charge in [0.2, 0.25) is 5.95 Å². The number of benzene rings is 2. The van der Waals surface area contributed by atoms with Crippen LogP contribution in [-0.4, -0.2) is 28.3 Å². The summed E-state index contributed by atoms with van der Waals surface area (Å²) in [5.41, 5.74) is 0.835. The molecule has 0 amide bonds. The van der Waals surface area contributed by atoms with Crippen LogP contribution in [0.3, 0.4) is 0 Å². The Morgan fingerprint density at radius 3 is 2.50 bits per heavy atom. The van der Waals surface area contributed by atoms with Gasteiger partial charge in [0, 0.05) is 13.1 Å². The van der Waals surface area contributed by atoms with Crippen LogP contribution < -0.4 is 15.0 Å². The Balaban J connectivity index is 1.54. The molecule has 1 saturated heterocycles. The highest BCUT2D eigenvalue weighted by molar-refractivity contribution is 5.64. The molecule has 1 fully saturated rings. The van der Waals surface area contributed by atoms with Gasteiger partial charge in [-0.2, -0.15) is 10.1 Å². The standard InChI is InChI=1S/C20H21N5O/c1-3-9-16(10-4-1)26-18-12-6-5-11-17(18)22-19-15-21-24-20(23-19)25-13-7-2-8-14-25/h1,3-6,9-12,15H,2,7-8,13-14H2,(H,22,23,24). The van der Waals surface area contributed by atoms with E-state index in [1.54, 1.807) is 6.20 Å². The minimum Gasteiger partial charge on any atom is -0.455 e.